The lowest BCUT2D eigenvalue weighted by atomic mass is 9.66. The first-order valence-electron chi connectivity index (χ1n) is 19.0. The fourth-order valence-corrected chi connectivity index (χ4v) is 9.61. The van der Waals surface area contributed by atoms with Crippen molar-refractivity contribution in [1.82, 2.24) is 0 Å². The molecule has 8 aromatic carbocycles. The highest BCUT2D eigenvalue weighted by Gasteiger charge is 2.47. The Balaban J connectivity index is 1.21. The molecule has 0 heterocycles. The summed E-state index contributed by atoms with van der Waals surface area (Å²) in [4.78, 5) is 2.45. The predicted molar refractivity (Wildman–Crippen MR) is 226 cm³/mol. The van der Waals surface area contributed by atoms with E-state index >= 15 is 0 Å². The molecule has 0 saturated heterocycles. The first kappa shape index (κ1) is 32.2. The van der Waals surface area contributed by atoms with Gasteiger partial charge in [-0.3, -0.25) is 0 Å². The molecule has 0 aromatic heterocycles. The van der Waals surface area contributed by atoms with Gasteiger partial charge in [0.05, 0.1) is 5.41 Å². The molecule has 0 bridgehead atoms. The molecule has 0 saturated carbocycles. The van der Waals surface area contributed by atoms with Crippen LogP contribution in [0.3, 0.4) is 0 Å². The smallest absolute Gasteiger partial charge is 0.0716 e. The zero-order valence-corrected chi connectivity index (χ0v) is 30.9. The van der Waals surface area contributed by atoms with Crippen LogP contribution in [0.15, 0.2) is 194 Å². The minimum Gasteiger partial charge on any atom is -0.310 e. The minimum absolute atomic E-state index is 0.112. The van der Waals surface area contributed by atoms with Gasteiger partial charge < -0.3 is 4.90 Å². The summed E-state index contributed by atoms with van der Waals surface area (Å²) in [7, 11) is 0. The Morgan fingerprint density at radius 3 is 1.67 bits per heavy atom. The first-order chi connectivity index (χ1) is 26.5. The molecule has 0 radical (unpaired) electrons. The van der Waals surface area contributed by atoms with Crippen LogP contribution in [-0.4, -0.2) is 0 Å². The average molecular weight is 692 g/mol. The van der Waals surface area contributed by atoms with Crippen LogP contribution in [0.4, 0.5) is 17.1 Å². The second-order valence-electron chi connectivity index (χ2n) is 15.4. The Bertz CT molecular complexity index is 2690. The second kappa shape index (κ2) is 12.3. The quantitative estimate of drug-likeness (QED) is 0.168. The number of aryl methyl sites for hydroxylation is 1. The maximum atomic E-state index is 2.45. The second-order valence-corrected chi connectivity index (χ2v) is 15.4. The molecule has 0 spiro atoms. The van der Waals surface area contributed by atoms with Crippen molar-refractivity contribution in [2.75, 3.05) is 4.90 Å². The highest BCUT2D eigenvalue weighted by molar-refractivity contribution is 5.89. The van der Waals surface area contributed by atoms with Gasteiger partial charge in [0.15, 0.2) is 0 Å². The van der Waals surface area contributed by atoms with Crippen LogP contribution in [0.2, 0.25) is 0 Å². The van der Waals surface area contributed by atoms with Gasteiger partial charge in [0, 0.05) is 22.5 Å². The summed E-state index contributed by atoms with van der Waals surface area (Å²) >= 11 is 0. The fourth-order valence-electron chi connectivity index (χ4n) is 9.61. The van der Waals surface area contributed by atoms with Crippen molar-refractivity contribution in [1.29, 1.82) is 0 Å². The van der Waals surface area contributed by atoms with E-state index in [-0.39, 0.29) is 5.41 Å². The molecule has 2 aliphatic rings. The van der Waals surface area contributed by atoms with Gasteiger partial charge in [-0.15, -0.1) is 0 Å². The number of hydrogen-bond acceptors (Lipinski definition) is 1. The molecule has 0 fully saturated rings. The van der Waals surface area contributed by atoms with Gasteiger partial charge in [0.25, 0.3) is 0 Å². The molecule has 54 heavy (non-hydrogen) atoms. The highest BCUT2D eigenvalue weighted by Crippen LogP contribution is 2.58. The van der Waals surface area contributed by atoms with E-state index in [2.05, 4.69) is 220 Å². The van der Waals surface area contributed by atoms with Crippen molar-refractivity contribution in [3.63, 3.8) is 0 Å². The van der Waals surface area contributed by atoms with Crippen molar-refractivity contribution < 1.29 is 0 Å². The van der Waals surface area contributed by atoms with Crippen LogP contribution < -0.4 is 4.90 Å². The van der Waals surface area contributed by atoms with Gasteiger partial charge in [0.2, 0.25) is 0 Å². The first-order valence-corrected chi connectivity index (χ1v) is 19.0. The van der Waals surface area contributed by atoms with E-state index in [1.54, 1.807) is 0 Å². The van der Waals surface area contributed by atoms with Crippen LogP contribution in [-0.2, 0) is 10.8 Å². The normalized spacial score (nSPS) is 15.9. The Labute approximate surface area is 318 Å². The maximum Gasteiger partial charge on any atom is 0.0716 e. The topological polar surface area (TPSA) is 3.24 Å². The number of fused-ring (bicyclic) bond motifs is 6. The molecule has 8 aromatic rings. The molecule has 1 unspecified atom stereocenters. The molecule has 0 amide bonds. The third kappa shape index (κ3) is 4.71. The highest BCUT2D eigenvalue weighted by atomic mass is 15.1. The van der Waals surface area contributed by atoms with Crippen molar-refractivity contribution in [3.05, 3.63) is 233 Å². The van der Waals surface area contributed by atoms with E-state index in [4.69, 9.17) is 0 Å². The lowest BCUT2D eigenvalue weighted by Crippen LogP contribution is -2.29. The largest absolute Gasteiger partial charge is 0.310 e. The lowest BCUT2D eigenvalue weighted by molar-refractivity contribution is 0.660. The zero-order valence-electron chi connectivity index (χ0n) is 30.9. The van der Waals surface area contributed by atoms with Crippen LogP contribution in [0.25, 0.3) is 33.4 Å². The van der Waals surface area contributed by atoms with Gasteiger partial charge in [-0.05, 0) is 116 Å². The Hall–Kier alpha value is -6.44. The fraction of sp³-hybridized carbons (Fsp3) is 0.0943. The summed E-state index contributed by atoms with van der Waals surface area (Å²) in [5, 5.41) is 0. The summed E-state index contributed by atoms with van der Waals surface area (Å²) in [6.45, 7) is 7.00. The number of benzene rings is 8. The van der Waals surface area contributed by atoms with Gasteiger partial charge in [0.1, 0.15) is 0 Å². The Morgan fingerprint density at radius 1 is 0.370 bits per heavy atom. The average Bonchev–Trinajstić information content (AvgIpc) is 3.66. The van der Waals surface area contributed by atoms with E-state index in [1.807, 2.05) is 0 Å². The van der Waals surface area contributed by atoms with Gasteiger partial charge in [-0.2, -0.15) is 0 Å². The van der Waals surface area contributed by atoms with Crippen LogP contribution in [0, 0.1) is 6.92 Å². The summed E-state index contributed by atoms with van der Waals surface area (Å²) in [5.41, 5.74) is 19.8. The SMILES string of the molecule is Cc1cccc2c1C(c1ccccc1)(c1cccc(N(c3ccc(-c4ccccc4)cc3)c3ccc4c(c3)C(C)(C)c3ccccc3-4)c1)c1ccccc1-2. The lowest BCUT2D eigenvalue weighted by Gasteiger charge is -2.36. The van der Waals surface area contributed by atoms with Crippen molar-refractivity contribution in [2.45, 2.75) is 31.6 Å². The zero-order chi connectivity index (χ0) is 36.4. The summed E-state index contributed by atoms with van der Waals surface area (Å²) in [6, 6.07) is 71.9. The summed E-state index contributed by atoms with van der Waals surface area (Å²) in [6.07, 6.45) is 0. The molecule has 1 nitrogen and oxygen atoms in total. The Kier molecular flexibility index (Phi) is 7.35. The standard InChI is InChI=1S/C53H41N/c1-36-16-14-25-47-45-24-11-13-27-49(45)53(51(36)47,39-19-8-5-9-20-39)40-21-15-22-42(34-40)54(41-30-28-38(29-31-41)37-17-6-4-7-18-37)43-32-33-46-44-23-10-12-26-48(44)52(2,3)50(46)35-43/h4-35H,1-3H3. The third-order valence-corrected chi connectivity index (χ3v) is 12.1. The number of hydrogen-bond donors (Lipinski definition) is 0. The molecular weight excluding hydrogens is 651 g/mol. The van der Waals surface area contributed by atoms with Crippen molar-refractivity contribution in [2.24, 2.45) is 0 Å². The van der Waals surface area contributed by atoms with Gasteiger partial charge in [-0.1, -0.05) is 172 Å². The molecule has 1 heteroatoms. The number of anilines is 3. The molecule has 2 aliphatic carbocycles. The van der Waals surface area contributed by atoms with Crippen LogP contribution >= 0.6 is 0 Å². The van der Waals surface area contributed by atoms with Crippen LogP contribution in [0.5, 0.6) is 0 Å². The van der Waals surface area contributed by atoms with Crippen LogP contribution in [0.1, 0.15) is 52.8 Å². The predicted octanol–water partition coefficient (Wildman–Crippen LogP) is 13.8. The van der Waals surface area contributed by atoms with E-state index in [1.165, 1.54) is 72.3 Å². The summed E-state index contributed by atoms with van der Waals surface area (Å²) < 4.78 is 0. The summed E-state index contributed by atoms with van der Waals surface area (Å²) in [5.74, 6) is 0. The monoisotopic (exact) mass is 691 g/mol. The maximum absolute atomic E-state index is 2.45. The Morgan fingerprint density at radius 2 is 0.907 bits per heavy atom. The van der Waals surface area contributed by atoms with Gasteiger partial charge in [-0.25, -0.2) is 0 Å². The molecule has 258 valence electrons. The van der Waals surface area contributed by atoms with E-state index in [9.17, 15) is 0 Å². The molecule has 1 atom stereocenters. The molecule has 0 N–H and O–H groups in total. The molecule has 10 rings (SSSR count). The van der Waals surface area contributed by atoms with E-state index < -0.39 is 5.41 Å². The van der Waals surface area contributed by atoms with E-state index in [0.717, 1.165) is 17.1 Å². The van der Waals surface area contributed by atoms with Gasteiger partial charge >= 0.3 is 0 Å². The van der Waals surface area contributed by atoms with E-state index in [0.29, 0.717) is 0 Å². The van der Waals surface area contributed by atoms with Crippen molar-refractivity contribution >= 4 is 17.1 Å². The van der Waals surface area contributed by atoms with Crippen molar-refractivity contribution in [3.8, 4) is 33.4 Å². The number of nitrogens with zero attached hydrogens (tertiary/aromatic N) is 1. The number of rotatable bonds is 6. The minimum atomic E-state index is -0.487. The third-order valence-electron chi connectivity index (χ3n) is 12.1. The molecule has 0 aliphatic heterocycles. The molecular formula is C53H41N.